The van der Waals surface area contributed by atoms with Gasteiger partial charge in [0.1, 0.15) is 0 Å². The van der Waals surface area contributed by atoms with Crippen LogP contribution in [0.4, 0.5) is 0 Å². The number of cyclic esters (lactones) is 1. The van der Waals surface area contributed by atoms with Gasteiger partial charge in [-0.25, -0.2) is 0 Å². The Hall–Kier alpha value is -0.530. The van der Waals surface area contributed by atoms with E-state index in [9.17, 15) is 4.79 Å². The van der Waals surface area contributed by atoms with Crippen molar-refractivity contribution in [3.63, 3.8) is 0 Å². The van der Waals surface area contributed by atoms with Gasteiger partial charge in [-0.1, -0.05) is 13.3 Å². The predicted octanol–water partition coefficient (Wildman–Crippen LogP) is 1.74. The molecule has 0 N–H and O–H groups in total. The first kappa shape index (κ1) is 7.58. The molecule has 1 aliphatic rings. The van der Waals surface area contributed by atoms with E-state index in [0.717, 1.165) is 6.42 Å². The molecule has 1 atom stereocenters. The van der Waals surface area contributed by atoms with E-state index in [4.69, 9.17) is 4.74 Å². The fourth-order valence-corrected chi connectivity index (χ4v) is 1.23. The molecule has 0 aliphatic carbocycles. The fraction of sp³-hybridized carbons (Fsp3) is 0.875. The summed E-state index contributed by atoms with van der Waals surface area (Å²) in [5.41, 5.74) is 0. The van der Waals surface area contributed by atoms with Gasteiger partial charge in [0.05, 0.1) is 6.61 Å². The Kier molecular flexibility index (Phi) is 2.72. The van der Waals surface area contributed by atoms with Gasteiger partial charge in [-0.15, -0.1) is 0 Å². The Morgan fingerprint density at radius 1 is 1.50 bits per heavy atom. The van der Waals surface area contributed by atoms with Crippen LogP contribution in [0.3, 0.4) is 0 Å². The van der Waals surface area contributed by atoms with Gasteiger partial charge in [-0.05, 0) is 18.8 Å². The average molecular weight is 142 g/mol. The maximum atomic E-state index is 10.8. The standard InChI is InChI=1S/C8H14O2/c1-7-4-2-3-5-10-8(9)6-7/h7H,2-6H2,1H3/t7-/m1/s1. The number of hydrogen-bond acceptors (Lipinski definition) is 2. The smallest absolute Gasteiger partial charge is 0.306 e. The molecule has 1 rings (SSSR count). The lowest BCUT2D eigenvalue weighted by Crippen LogP contribution is -2.13. The largest absolute Gasteiger partial charge is 0.466 e. The highest BCUT2D eigenvalue weighted by Gasteiger charge is 2.12. The molecule has 0 aromatic rings. The van der Waals surface area contributed by atoms with Crippen LogP contribution in [0.15, 0.2) is 0 Å². The lowest BCUT2D eigenvalue weighted by atomic mass is 10.00. The van der Waals surface area contributed by atoms with E-state index < -0.39 is 0 Å². The second-order valence-corrected chi connectivity index (χ2v) is 3.03. The molecule has 0 amide bonds. The van der Waals surface area contributed by atoms with Gasteiger partial charge in [0.25, 0.3) is 0 Å². The van der Waals surface area contributed by atoms with Crippen molar-refractivity contribution in [3.05, 3.63) is 0 Å². The fourth-order valence-electron chi connectivity index (χ4n) is 1.23. The second kappa shape index (κ2) is 3.59. The van der Waals surface area contributed by atoms with Crippen LogP contribution >= 0.6 is 0 Å². The molecule has 0 saturated carbocycles. The van der Waals surface area contributed by atoms with Crippen molar-refractivity contribution in [2.45, 2.75) is 32.6 Å². The summed E-state index contributed by atoms with van der Waals surface area (Å²) in [6, 6.07) is 0. The minimum atomic E-state index is -0.0211. The van der Waals surface area contributed by atoms with Crippen LogP contribution in [0.2, 0.25) is 0 Å². The summed E-state index contributed by atoms with van der Waals surface area (Å²) in [5.74, 6) is 0.500. The SMILES string of the molecule is C[C@@H]1CCCCOC(=O)C1. The Morgan fingerprint density at radius 3 is 3.10 bits per heavy atom. The maximum absolute atomic E-state index is 10.8. The third-order valence-corrected chi connectivity index (χ3v) is 1.87. The lowest BCUT2D eigenvalue weighted by Gasteiger charge is -2.14. The first-order valence-corrected chi connectivity index (χ1v) is 3.94. The monoisotopic (exact) mass is 142 g/mol. The van der Waals surface area contributed by atoms with Crippen molar-refractivity contribution in [3.8, 4) is 0 Å². The third-order valence-electron chi connectivity index (χ3n) is 1.87. The van der Waals surface area contributed by atoms with E-state index in [2.05, 4.69) is 6.92 Å². The lowest BCUT2D eigenvalue weighted by molar-refractivity contribution is -0.145. The predicted molar refractivity (Wildman–Crippen MR) is 38.6 cm³/mol. The first-order chi connectivity index (χ1) is 4.79. The molecular weight excluding hydrogens is 128 g/mol. The first-order valence-electron chi connectivity index (χ1n) is 3.94. The van der Waals surface area contributed by atoms with Crippen molar-refractivity contribution in [2.75, 3.05) is 6.61 Å². The quantitative estimate of drug-likeness (QED) is 0.481. The van der Waals surface area contributed by atoms with Gasteiger partial charge < -0.3 is 4.74 Å². The zero-order chi connectivity index (χ0) is 7.40. The molecule has 10 heavy (non-hydrogen) atoms. The van der Waals surface area contributed by atoms with Crippen molar-refractivity contribution in [1.29, 1.82) is 0 Å². The summed E-state index contributed by atoms with van der Waals surface area (Å²) in [4.78, 5) is 10.8. The Morgan fingerprint density at radius 2 is 2.30 bits per heavy atom. The topological polar surface area (TPSA) is 26.3 Å². The molecule has 2 nitrogen and oxygen atoms in total. The Bertz CT molecular complexity index is 120. The molecule has 1 fully saturated rings. The van der Waals surface area contributed by atoms with Crippen molar-refractivity contribution in [1.82, 2.24) is 0 Å². The highest BCUT2D eigenvalue weighted by atomic mass is 16.5. The molecule has 0 spiro atoms. The van der Waals surface area contributed by atoms with E-state index in [1.165, 1.54) is 12.8 Å². The number of rotatable bonds is 0. The average Bonchev–Trinajstić information content (AvgIpc) is 1.83. The summed E-state index contributed by atoms with van der Waals surface area (Å²) < 4.78 is 4.91. The van der Waals surface area contributed by atoms with Crippen LogP contribution in [0.25, 0.3) is 0 Å². The molecular formula is C8H14O2. The van der Waals surface area contributed by atoms with E-state index in [1.807, 2.05) is 0 Å². The van der Waals surface area contributed by atoms with Crippen LogP contribution in [-0.4, -0.2) is 12.6 Å². The number of hydrogen-bond donors (Lipinski definition) is 0. The highest BCUT2D eigenvalue weighted by molar-refractivity contribution is 5.69. The Labute approximate surface area is 61.6 Å². The van der Waals surface area contributed by atoms with Gasteiger partial charge in [-0.3, -0.25) is 4.79 Å². The molecule has 58 valence electrons. The zero-order valence-electron chi connectivity index (χ0n) is 6.43. The molecule has 0 aromatic carbocycles. The normalized spacial score (nSPS) is 28.5. The molecule has 1 aliphatic heterocycles. The molecule has 2 heteroatoms. The minimum absolute atomic E-state index is 0.0211. The van der Waals surface area contributed by atoms with Gasteiger partial charge >= 0.3 is 5.97 Å². The van der Waals surface area contributed by atoms with Crippen LogP contribution in [0.5, 0.6) is 0 Å². The molecule has 0 unspecified atom stereocenters. The van der Waals surface area contributed by atoms with Gasteiger partial charge in [0.15, 0.2) is 0 Å². The number of carbonyl (C=O) groups excluding carboxylic acids is 1. The Balaban J connectivity index is 2.32. The summed E-state index contributed by atoms with van der Waals surface area (Å²) in [6.07, 6.45) is 4.03. The molecule has 0 aromatic heterocycles. The number of esters is 1. The molecule has 0 radical (unpaired) electrons. The van der Waals surface area contributed by atoms with Gasteiger partial charge in [-0.2, -0.15) is 0 Å². The third kappa shape index (κ3) is 2.38. The van der Waals surface area contributed by atoms with E-state index in [-0.39, 0.29) is 5.97 Å². The van der Waals surface area contributed by atoms with E-state index in [1.54, 1.807) is 0 Å². The van der Waals surface area contributed by atoms with Crippen LogP contribution in [-0.2, 0) is 9.53 Å². The second-order valence-electron chi connectivity index (χ2n) is 3.03. The van der Waals surface area contributed by atoms with Crippen LogP contribution in [0, 0.1) is 5.92 Å². The maximum Gasteiger partial charge on any atom is 0.306 e. The van der Waals surface area contributed by atoms with Crippen LogP contribution in [0.1, 0.15) is 32.6 Å². The highest BCUT2D eigenvalue weighted by Crippen LogP contribution is 2.15. The van der Waals surface area contributed by atoms with Crippen LogP contribution < -0.4 is 0 Å². The number of carbonyl (C=O) groups is 1. The van der Waals surface area contributed by atoms with E-state index in [0.29, 0.717) is 18.9 Å². The minimum Gasteiger partial charge on any atom is -0.466 e. The molecule has 1 saturated heterocycles. The summed E-state index contributed by atoms with van der Waals surface area (Å²) in [5, 5.41) is 0. The summed E-state index contributed by atoms with van der Waals surface area (Å²) in [7, 11) is 0. The zero-order valence-corrected chi connectivity index (χ0v) is 6.43. The van der Waals surface area contributed by atoms with Gasteiger partial charge in [0.2, 0.25) is 0 Å². The number of ether oxygens (including phenoxy) is 1. The summed E-state index contributed by atoms with van der Waals surface area (Å²) >= 11 is 0. The molecule has 1 heterocycles. The van der Waals surface area contributed by atoms with Crippen molar-refractivity contribution >= 4 is 5.97 Å². The van der Waals surface area contributed by atoms with Crippen molar-refractivity contribution in [2.24, 2.45) is 5.92 Å². The summed E-state index contributed by atoms with van der Waals surface area (Å²) in [6.45, 7) is 2.73. The molecule has 0 bridgehead atoms. The van der Waals surface area contributed by atoms with Crippen molar-refractivity contribution < 1.29 is 9.53 Å². The van der Waals surface area contributed by atoms with Gasteiger partial charge in [0, 0.05) is 6.42 Å². The van der Waals surface area contributed by atoms with E-state index >= 15 is 0 Å².